The lowest BCUT2D eigenvalue weighted by Crippen LogP contribution is -2.15. The molecule has 1 amide bonds. The van der Waals surface area contributed by atoms with Crippen LogP contribution < -0.4 is 16.8 Å². The Balaban J connectivity index is 1.53. The molecule has 5 rings (SSSR count). The topological polar surface area (TPSA) is 127 Å². The number of hydrogen-bond acceptors (Lipinski definition) is 6. The van der Waals surface area contributed by atoms with Gasteiger partial charge in [0.2, 0.25) is 5.91 Å². The zero-order valence-corrected chi connectivity index (χ0v) is 16.0. The summed E-state index contributed by atoms with van der Waals surface area (Å²) in [6, 6.07) is 13.2. The largest absolute Gasteiger partial charge is 0.419 e. The number of amides is 1. The Morgan fingerprint density at radius 3 is 2.90 bits per heavy atom. The van der Waals surface area contributed by atoms with Crippen molar-refractivity contribution < 1.29 is 9.21 Å². The molecule has 8 heteroatoms. The fraction of sp³-hybridized carbons (Fsp3) is 0.182. The molecule has 8 nitrogen and oxygen atoms in total. The van der Waals surface area contributed by atoms with Crippen LogP contribution >= 0.6 is 0 Å². The number of carbonyl (C=O) groups is 1. The number of nitrogens with zero attached hydrogens (tertiary/aromatic N) is 3. The van der Waals surface area contributed by atoms with Crippen molar-refractivity contribution in [2.24, 2.45) is 18.9 Å². The first-order valence-electron chi connectivity index (χ1n) is 9.44. The van der Waals surface area contributed by atoms with Gasteiger partial charge in [0.25, 0.3) is 0 Å². The van der Waals surface area contributed by atoms with Crippen molar-refractivity contribution in [3.8, 4) is 17.2 Å². The highest BCUT2D eigenvalue weighted by atomic mass is 16.4. The van der Waals surface area contributed by atoms with Gasteiger partial charge in [-0.05, 0) is 53.3 Å². The fourth-order valence-electron chi connectivity index (χ4n) is 3.68. The van der Waals surface area contributed by atoms with Gasteiger partial charge in [-0.1, -0.05) is 6.07 Å². The summed E-state index contributed by atoms with van der Waals surface area (Å²) in [6.07, 6.45) is 2.21. The SMILES string of the molecule is Cn1c(=O)oc2cc(-c3cc(N)c4cnc(NC(=O)[C@H]5C[C@@H]5C#N)cc4c3)ccc21. The number of carbonyl (C=O) groups excluding carboxylic acids is 1. The van der Waals surface area contributed by atoms with Gasteiger partial charge in [-0.2, -0.15) is 5.26 Å². The average Bonchev–Trinajstić information content (AvgIpc) is 3.47. The van der Waals surface area contributed by atoms with Gasteiger partial charge < -0.3 is 15.5 Å². The Hall–Kier alpha value is -4.12. The van der Waals surface area contributed by atoms with Crippen LogP contribution in [0.1, 0.15) is 6.42 Å². The van der Waals surface area contributed by atoms with Gasteiger partial charge in [-0.25, -0.2) is 9.78 Å². The first kappa shape index (κ1) is 17.9. The van der Waals surface area contributed by atoms with E-state index in [4.69, 9.17) is 15.4 Å². The van der Waals surface area contributed by atoms with Crippen LogP contribution in [0, 0.1) is 23.2 Å². The van der Waals surface area contributed by atoms with Gasteiger partial charge >= 0.3 is 5.76 Å². The van der Waals surface area contributed by atoms with E-state index in [1.54, 1.807) is 25.4 Å². The van der Waals surface area contributed by atoms with Gasteiger partial charge in [-0.3, -0.25) is 9.36 Å². The molecule has 2 heterocycles. The van der Waals surface area contributed by atoms with Crippen LogP contribution in [0.25, 0.3) is 33.0 Å². The van der Waals surface area contributed by atoms with Crippen LogP contribution in [-0.2, 0) is 11.8 Å². The molecule has 1 fully saturated rings. The molecular weight excluding hydrogens is 382 g/mol. The lowest BCUT2D eigenvalue weighted by Gasteiger charge is -2.10. The minimum absolute atomic E-state index is 0.193. The summed E-state index contributed by atoms with van der Waals surface area (Å²) in [6.45, 7) is 0. The van der Waals surface area contributed by atoms with Gasteiger partial charge in [0, 0.05) is 24.3 Å². The number of nitrogen functional groups attached to an aromatic ring is 1. The Labute approximate surface area is 170 Å². The van der Waals surface area contributed by atoms with Crippen LogP contribution in [0.2, 0.25) is 0 Å². The molecule has 4 aromatic rings. The molecule has 148 valence electrons. The van der Waals surface area contributed by atoms with Crippen molar-refractivity contribution in [3.63, 3.8) is 0 Å². The predicted molar refractivity (Wildman–Crippen MR) is 112 cm³/mol. The van der Waals surface area contributed by atoms with Gasteiger partial charge in [0.1, 0.15) is 5.82 Å². The van der Waals surface area contributed by atoms with E-state index in [1.807, 2.05) is 24.3 Å². The molecule has 0 radical (unpaired) electrons. The number of rotatable bonds is 3. The molecule has 0 unspecified atom stereocenters. The third-order valence-corrected chi connectivity index (χ3v) is 5.54. The Bertz CT molecular complexity index is 1440. The fourth-order valence-corrected chi connectivity index (χ4v) is 3.68. The number of aryl methyl sites for hydroxylation is 1. The van der Waals surface area contributed by atoms with Crippen molar-refractivity contribution in [3.05, 3.63) is 53.1 Å². The summed E-state index contributed by atoms with van der Waals surface area (Å²) in [7, 11) is 1.66. The van der Waals surface area contributed by atoms with E-state index < -0.39 is 5.76 Å². The van der Waals surface area contributed by atoms with E-state index in [-0.39, 0.29) is 17.7 Å². The average molecular weight is 399 g/mol. The Morgan fingerprint density at radius 2 is 2.13 bits per heavy atom. The van der Waals surface area contributed by atoms with Crippen LogP contribution in [0.3, 0.4) is 0 Å². The molecule has 30 heavy (non-hydrogen) atoms. The minimum Gasteiger partial charge on any atom is -0.408 e. The maximum absolute atomic E-state index is 12.2. The van der Waals surface area contributed by atoms with E-state index in [9.17, 15) is 9.59 Å². The van der Waals surface area contributed by atoms with Crippen molar-refractivity contribution in [1.82, 2.24) is 9.55 Å². The molecule has 0 spiro atoms. The molecule has 2 atom stereocenters. The van der Waals surface area contributed by atoms with E-state index in [2.05, 4.69) is 16.4 Å². The lowest BCUT2D eigenvalue weighted by molar-refractivity contribution is -0.117. The van der Waals surface area contributed by atoms with Crippen molar-refractivity contribution in [2.45, 2.75) is 6.42 Å². The number of aromatic nitrogens is 2. The Kier molecular flexibility index (Phi) is 3.86. The monoisotopic (exact) mass is 399 g/mol. The maximum atomic E-state index is 12.2. The van der Waals surface area contributed by atoms with Crippen molar-refractivity contribution in [1.29, 1.82) is 5.26 Å². The molecule has 1 aliphatic carbocycles. The quantitative estimate of drug-likeness (QED) is 0.510. The lowest BCUT2D eigenvalue weighted by atomic mass is 10.0. The highest BCUT2D eigenvalue weighted by Crippen LogP contribution is 2.38. The number of hydrogen-bond donors (Lipinski definition) is 2. The molecule has 0 aliphatic heterocycles. The van der Waals surface area contributed by atoms with Crippen LogP contribution in [0.5, 0.6) is 0 Å². The number of nitriles is 1. The van der Waals surface area contributed by atoms with Gasteiger partial charge in [-0.15, -0.1) is 0 Å². The molecular formula is C22H17N5O3. The zero-order valence-electron chi connectivity index (χ0n) is 16.0. The van der Waals surface area contributed by atoms with E-state index in [0.717, 1.165) is 21.9 Å². The van der Waals surface area contributed by atoms with Crippen LogP contribution in [-0.4, -0.2) is 15.5 Å². The summed E-state index contributed by atoms with van der Waals surface area (Å²) < 4.78 is 6.73. The number of oxazole rings is 1. The number of pyridine rings is 1. The third-order valence-electron chi connectivity index (χ3n) is 5.54. The summed E-state index contributed by atoms with van der Waals surface area (Å²) >= 11 is 0. The third kappa shape index (κ3) is 2.88. The summed E-state index contributed by atoms with van der Waals surface area (Å²) in [5.74, 6) is -0.669. The second kappa shape index (κ2) is 6.46. The smallest absolute Gasteiger partial charge is 0.408 e. The minimum atomic E-state index is -0.416. The van der Waals surface area contributed by atoms with E-state index in [1.165, 1.54) is 4.57 Å². The maximum Gasteiger partial charge on any atom is 0.419 e. The van der Waals surface area contributed by atoms with Gasteiger partial charge in [0.05, 0.1) is 23.4 Å². The van der Waals surface area contributed by atoms with Gasteiger partial charge in [0.15, 0.2) is 5.58 Å². The first-order chi connectivity index (χ1) is 14.4. The van der Waals surface area contributed by atoms with E-state index in [0.29, 0.717) is 29.0 Å². The second-order valence-corrected chi connectivity index (χ2v) is 7.53. The molecule has 0 saturated heterocycles. The van der Waals surface area contributed by atoms with Crippen LogP contribution in [0.15, 0.2) is 51.8 Å². The summed E-state index contributed by atoms with van der Waals surface area (Å²) in [4.78, 5) is 28.3. The number of benzene rings is 2. The number of nitrogens with two attached hydrogens (primary N) is 1. The predicted octanol–water partition coefficient (Wildman–Crippen LogP) is 3.03. The number of fused-ring (bicyclic) bond motifs is 2. The molecule has 2 aromatic heterocycles. The summed E-state index contributed by atoms with van der Waals surface area (Å²) in [5.41, 5.74) is 9.70. The first-order valence-corrected chi connectivity index (χ1v) is 9.44. The number of nitrogens with one attached hydrogen (secondary N) is 1. The molecule has 3 N–H and O–H groups in total. The zero-order chi connectivity index (χ0) is 21.0. The molecule has 1 aliphatic rings. The summed E-state index contributed by atoms with van der Waals surface area (Å²) in [5, 5.41) is 13.3. The number of anilines is 2. The van der Waals surface area contributed by atoms with Crippen LogP contribution in [0.4, 0.5) is 11.5 Å². The normalized spacial score (nSPS) is 17.7. The van der Waals surface area contributed by atoms with Crippen molar-refractivity contribution >= 4 is 39.3 Å². The molecule has 0 bridgehead atoms. The van der Waals surface area contributed by atoms with Crippen molar-refractivity contribution in [2.75, 3.05) is 11.1 Å². The standard InChI is InChI=1S/C22H17N5O3/c1-27-18-3-2-11(7-19(18)30-22(27)29)12-4-13-8-20(25-10-16(13)17(24)6-12)26-21(28)15-5-14(15)9-23/h2-4,6-8,10,14-15H,5,24H2,1H3,(H,25,26,28)/t14-,15+/m1/s1. The highest BCUT2D eigenvalue weighted by Gasteiger charge is 2.43. The highest BCUT2D eigenvalue weighted by molar-refractivity contribution is 6.00. The molecule has 2 aromatic carbocycles. The molecule has 1 saturated carbocycles. The second-order valence-electron chi connectivity index (χ2n) is 7.53. The Morgan fingerprint density at radius 1 is 1.30 bits per heavy atom. The van der Waals surface area contributed by atoms with E-state index >= 15 is 0 Å².